The Labute approximate surface area is 156 Å². The van der Waals surface area contributed by atoms with Gasteiger partial charge in [0.1, 0.15) is 0 Å². The molecule has 0 aliphatic heterocycles. The fourth-order valence-electron chi connectivity index (χ4n) is 3.36. The van der Waals surface area contributed by atoms with Crippen molar-refractivity contribution in [1.29, 1.82) is 0 Å². The van der Waals surface area contributed by atoms with Crippen molar-refractivity contribution in [2.75, 3.05) is 32.7 Å². The fraction of sp³-hybridized carbons (Fsp3) is 0.682. The number of hydrogen-bond acceptors (Lipinski definition) is 0. The van der Waals surface area contributed by atoms with Gasteiger partial charge in [-0.25, -0.2) is 0 Å². The summed E-state index contributed by atoms with van der Waals surface area (Å²) in [6.07, 6.45) is 4.86. The van der Waals surface area contributed by atoms with E-state index in [0.29, 0.717) is 0 Å². The van der Waals surface area contributed by atoms with Gasteiger partial charge in [0.15, 0.2) is 0 Å². The van der Waals surface area contributed by atoms with Crippen LogP contribution in [-0.2, 0) is 6.54 Å². The summed E-state index contributed by atoms with van der Waals surface area (Å²) in [5.41, 5.74) is 1.40. The Kier molecular flexibility index (Phi) is 11.0. The summed E-state index contributed by atoms with van der Waals surface area (Å²) in [6.45, 7) is 17.9. The lowest BCUT2D eigenvalue weighted by atomic mass is 10.2. The number of nitrogens with zero attached hydrogens (tertiary/aromatic N) is 3. The molecule has 0 saturated carbocycles. The van der Waals surface area contributed by atoms with E-state index in [-0.39, 0.29) is 0 Å². The average Bonchev–Trinajstić information content (AvgIpc) is 2.64. The lowest BCUT2D eigenvalue weighted by molar-refractivity contribution is -0.554. The maximum absolute atomic E-state index is 2.62. The molecule has 1 rings (SSSR count). The van der Waals surface area contributed by atoms with Gasteiger partial charge < -0.3 is 0 Å². The highest BCUT2D eigenvalue weighted by atomic mass is 15.4. The van der Waals surface area contributed by atoms with Gasteiger partial charge in [0.05, 0.1) is 39.3 Å². The van der Waals surface area contributed by atoms with E-state index in [9.17, 15) is 0 Å². The van der Waals surface area contributed by atoms with E-state index in [4.69, 9.17) is 0 Å². The second-order valence-corrected chi connectivity index (χ2v) is 6.72. The van der Waals surface area contributed by atoms with Gasteiger partial charge in [-0.1, -0.05) is 57.5 Å². The van der Waals surface area contributed by atoms with Crippen LogP contribution < -0.4 is 0 Å². The van der Waals surface area contributed by atoms with Gasteiger partial charge in [-0.2, -0.15) is 0 Å². The average molecular weight is 347 g/mol. The van der Waals surface area contributed by atoms with Gasteiger partial charge >= 0.3 is 5.96 Å². The van der Waals surface area contributed by atoms with Crippen molar-refractivity contribution in [3.05, 3.63) is 35.9 Å². The Bertz CT molecular complexity index is 471. The predicted octanol–water partition coefficient (Wildman–Crippen LogP) is 4.82. The molecule has 0 fully saturated rings. The van der Waals surface area contributed by atoms with Crippen LogP contribution in [0.25, 0.3) is 0 Å². The zero-order valence-electron chi connectivity index (χ0n) is 17.3. The molecule has 1 aromatic rings. The smallest absolute Gasteiger partial charge is 0.265 e. The van der Waals surface area contributed by atoms with Crippen molar-refractivity contribution in [1.82, 2.24) is 9.80 Å². The zero-order chi connectivity index (χ0) is 18.5. The fourth-order valence-corrected chi connectivity index (χ4v) is 3.36. The topological polar surface area (TPSA) is 9.49 Å². The minimum atomic E-state index is 0.997. The molecule has 3 nitrogen and oxygen atoms in total. The SMILES string of the molecule is CCCC[N+](Cc1ccccc1)=C(N(CC)CC)N(CCC)CCC. The van der Waals surface area contributed by atoms with E-state index in [1.54, 1.807) is 0 Å². The number of benzene rings is 1. The summed E-state index contributed by atoms with van der Waals surface area (Å²) in [5.74, 6) is 1.44. The Hall–Kier alpha value is -1.51. The van der Waals surface area contributed by atoms with E-state index in [2.05, 4.69) is 79.3 Å². The molecule has 25 heavy (non-hydrogen) atoms. The third-order valence-electron chi connectivity index (χ3n) is 4.60. The van der Waals surface area contributed by atoms with Crippen molar-refractivity contribution < 1.29 is 4.58 Å². The Morgan fingerprint density at radius 2 is 1.40 bits per heavy atom. The summed E-state index contributed by atoms with van der Waals surface area (Å²) in [6, 6.07) is 10.9. The highest BCUT2D eigenvalue weighted by Crippen LogP contribution is 2.09. The van der Waals surface area contributed by atoms with Crippen LogP contribution in [-0.4, -0.2) is 53.1 Å². The van der Waals surface area contributed by atoms with Crippen molar-refractivity contribution in [2.24, 2.45) is 0 Å². The van der Waals surface area contributed by atoms with Gasteiger partial charge in [0.2, 0.25) is 0 Å². The molecule has 0 aromatic heterocycles. The standard InChI is InChI=1S/C22H40N3/c1-6-11-19-25(20-21-15-13-12-14-16-21)22(23(9-4)10-5)24(17-7-2)18-8-3/h12-16H,6-11,17-20H2,1-5H3/q+1. The first kappa shape index (κ1) is 21.5. The largest absolute Gasteiger partial charge is 0.350 e. The molecule has 0 saturated heterocycles. The van der Waals surface area contributed by atoms with Crippen LogP contribution >= 0.6 is 0 Å². The molecule has 1 aromatic carbocycles. The first-order chi connectivity index (χ1) is 12.2. The monoisotopic (exact) mass is 346 g/mol. The lowest BCUT2D eigenvalue weighted by Gasteiger charge is -2.29. The number of rotatable bonds is 11. The second-order valence-electron chi connectivity index (χ2n) is 6.72. The Morgan fingerprint density at radius 1 is 0.800 bits per heavy atom. The van der Waals surface area contributed by atoms with Gasteiger partial charge in [0, 0.05) is 0 Å². The minimum Gasteiger partial charge on any atom is -0.265 e. The van der Waals surface area contributed by atoms with E-state index >= 15 is 0 Å². The molecule has 0 atom stereocenters. The maximum atomic E-state index is 2.62. The van der Waals surface area contributed by atoms with Gasteiger partial charge in [-0.3, -0.25) is 14.4 Å². The number of guanidine groups is 1. The van der Waals surface area contributed by atoms with Crippen molar-refractivity contribution in [3.63, 3.8) is 0 Å². The summed E-state index contributed by atoms with van der Waals surface area (Å²) in [7, 11) is 0. The number of unbranched alkanes of at least 4 members (excludes halogenated alkanes) is 1. The van der Waals surface area contributed by atoms with E-state index in [1.807, 2.05) is 0 Å². The van der Waals surface area contributed by atoms with Gasteiger partial charge in [-0.15, -0.1) is 0 Å². The van der Waals surface area contributed by atoms with Crippen LogP contribution in [0.1, 0.15) is 65.9 Å². The van der Waals surface area contributed by atoms with E-state index in [0.717, 1.165) is 39.3 Å². The number of hydrogen-bond donors (Lipinski definition) is 0. The van der Waals surface area contributed by atoms with E-state index < -0.39 is 0 Å². The molecule has 0 radical (unpaired) electrons. The van der Waals surface area contributed by atoms with Crippen molar-refractivity contribution >= 4 is 5.96 Å². The minimum absolute atomic E-state index is 0.997. The molecule has 0 spiro atoms. The van der Waals surface area contributed by atoms with Gasteiger partial charge in [-0.05, 0) is 38.7 Å². The van der Waals surface area contributed by atoms with Gasteiger partial charge in [0.25, 0.3) is 0 Å². The van der Waals surface area contributed by atoms with Crippen molar-refractivity contribution in [2.45, 2.75) is 66.8 Å². The summed E-state index contributed by atoms with van der Waals surface area (Å²) < 4.78 is 2.62. The molecule has 0 bridgehead atoms. The first-order valence-electron chi connectivity index (χ1n) is 10.4. The van der Waals surface area contributed by atoms with Crippen LogP contribution in [0.4, 0.5) is 0 Å². The first-order valence-corrected chi connectivity index (χ1v) is 10.4. The molecular weight excluding hydrogens is 306 g/mol. The molecule has 0 N–H and O–H groups in total. The molecular formula is C22H40N3+. The molecule has 0 aliphatic carbocycles. The lowest BCUT2D eigenvalue weighted by Crippen LogP contribution is -2.50. The molecule has 0 aliphatic rings. The molecule has 0 unspecified atom stereocenters. The highest BCUT2D eigenvalue weighted by Gasteiger charge is 2.26. The van der Waals surface area contributed by atoms with Crippen LogP contribution in [0.15, 0.2) is 30.3 Å². The zero-order valence-corrected chi connectivity index (χ0v) is 17.3. The summed E-state index contributed by atoms with van der Waals surface area (Å²) in [5, 5.41) is 0. The molecule has 3 heteroatoms. The highest BCUT2D eigenvalue weighted by molar-refractivity contribution is 5.75. The second kappa shape index (κ2) is 12.8. The predicted molar refractivity (Wildman–Crippen MR) is 110 cm³/mol. The third kappa shape index (κ3) is 7.09. The molecule has 0 heterocycles. The quantitative estimate of drug-likeness (QED) is 0.323. The Balaban J connectivity index is 3.31. The normalized spacial score (nSPS) is 12.0. The van der Waals surface area contributed by atoms with Crippen LogP contribution in [0.3, 0.4) is 0 Å². The maximum Gasteiger partial charge on any atom is 0.350 e. The van der Waals surface area contributed by atoms with Crippen LogP contribution in [0.2, 0.25) is 0 Å². The molecule has 0 amide bonds. The van der Waals surface area contributed by atoms with Crippen molar-refractivity contribution in [3.8, 4) is 0 Å². The molecule has 142 valence electrons. The van der Waals surface area contributed by atoms with Crippen LogP contribution in [0.5, 0.6) is 0 Å². The Morgan fingerprint density at radius 3 is 1.88 bits per heavy atom. The summed E-state index contributed by atoms with van der Waals surface area (Å²) in [4.78, 5) is 5.16. The third-order valence-corrected chi connectivity index (χ3v) is 4.60. The summed E-state index contributed by atoms with van der Waals surface area (Å²) >= 11 is 0. The van der Waals surface area contributed by atoms with E-state index in [1.165, 1.54) is 37.2 Å². The van der Waals surface area contributed by atoms with Crippen LogP contribution in [0, 0.1) is 0 Å².